The van der Waals surface area contributed by atoms with E-state index in [-0.39, 0.29) is 39.9 Å². The summed E-state index contributed by atoms with van der Waals surface area (Å²) in [5.41, 5.74) is -0.744. The number of ether oxygens (including phenoxy) is 7. The summed E-state index contributed by atoms with van der Waals surface area (Å²) in [6, 6.07) is 10.1. The molecule has 57 heavy (non-hydrogen) atoms. The first-order chi connectivity index (χ1) is 27.1. The van der Waals surface area contributed by atoms with Crippen molar-refractivity contribution in [3.8, 4) is 51.6 Å². The van der Waals surface area contributed by atoms with Crippen molar-refractivity contribution in [2.75, 3.05) is 20.8 Å². The Bertz CT molecular complexity index is 2180. The standard InChI is InChI=1S/C38H40O19/c1-15-28(44)35(56-26(43)9-5-16-4-7-19(40)22(10-16)50-2)33(49)37(53-15)52-14-25-29(45)31(47)32(48)38(55-25)57-36-30(46)27-21(42)12-18(39)13-24(27)54-34(36)17-6-8-20(41)23(11-17)51-3/h4-13,15,25,28-29,31-33,35,37-42,44-45,47-49H,14H2,1-3H3/b9-5+/t15?,25?,28-,29-,31?,32?,33?,35-,37+,38-/m0/s1. The molecule has 10 atom stereocenters. The van der Waals surface area contributed by atoms with E-state index in [0.717, 1.165) is 18.2 Å². The second-order valence-electron chi connectivity index (χ2n) is 13.1. The highest BCUT2D eigenvalue weighted by Gasteiger charge is 2.49. The summed E-state index contributed by atoms with van der Waals surface area (Å²) in [5.74, 6) is -3.37. The van der Waals surface area contributed by atoms with E-state index < -0.39 is 102 Å². The molecule has 2 aliphatic heterocycles. The fourth-order valence-corrected chi connectivity index (χ4v) is 6.25. The number of fused-ring (bicyclic) bond motifs is 1. The van der Waals surface area contributed by atoms with E-state index in [1.54, 1.807) is 0 Å². The summed E-state index contributed by atoms with van der Waals surface area (Å²) >= 11 is 0. The first-order valence-electron chi connectivity index (χ1n) is 17.3. The van der Waals surface area contributed by atoms with E-state index in [4.69, 9.17) is 37.6 Å². The number of esters is 1. The number of aromatic hydroxyl groups is 4. The predicted octanol–water partition coefficient (Wildman–Crippen LogP) is 0.594. The number of carbonyl (C=O) groups excluding carboxylic acids is 1. The second-order valence-corrected chi connectivity index (χ2v) is 13.1. The Hall–Kier alpha value is -5.64. The van der Waals surface area contributed by atoms with Crippen LogP contribution in [0.4, 0.5) is 0 Å². The number of carbonyl (C=O) groups is 1. The second kappa shape index (κ2) is 16.8. The lowest BCUT2D eigenvalue weighted by Crippen LogP contribution is -2.62. The molecule has 2 saturated heterocycles. The van der Waals surface area contributed by atoms with Crippen LogP contribution in [0.15, 0.2) is 63.8 Å². The normalized spacial score (nSPS) is 27.6. The minimum atomic E-state index is -2.01. The summed E-state index contributed by atoms with van der Waals surface area (Å²) in [7, 11) is 2.62. The number of aliphatic hydroxyl groups is 5. The van der Waals surface area contributed by atoms with Crippen molar-refractivity contribution in [2.24, 2.45) is 0 Å². The third-order valence-corrected chi connectivity index (χ3v) is 9.34. The highest BCUT2D eigenvalue weighted by molar-refractivity contribution is 5.89. The predicted molar refractivity (Wildman–Crippen MR) is 193 cm³/mol. The topological polar surface area (TPSA) is 294 Å². The van der Waals surface area contributed by atoms with Gasteiger partial charge in [0.25, 0.3) is 0 Å². The van der Waals surface area contributed by atoms with Gasteiger partial charge in [-0.15, -0.1) is 0 Å². The smallest absolute Gasteiger partial charge is 0.331 e. The lowest BCUT2D eigenvalue weighted by molar-refractivity contribution is -0.319. The van der Waals surface area contributed by atoms with Crippen molar-refractivity contribution in [1.29, 1.82) is 0 Å². The van der Waals surface area contributed by atoms with Crippen LogP contribution in [0.3, 0.4) is 0 Å². The SMILES string of the molecule is COc1cc(/C=C/C(=O)O[C@@H]2C(O)[C@H](OCC3O[C@@H](Oc4c(-c5ccc(O)c(OC)c5)oc5cc(O)cc(O)c5c4=O)C(O)C(O)[C@H]3O)OC(C)[C@@H]2O)ccc1O. The van der Waals surface area contributed by atoms with Gasteiger partial charge in [0.15, 0.2) is 41.2 Å². The van der Waals surface area contributed by atoms with E-state index in [1.807, 2.05) is 0 Å². The van der Waals surface area contributed by atoms with Crippen molar-refractivity contribution >= 4 is 23.0 Å². The number of hydrogen-bond acceptors (Lipinski definition) is 19. The zero-order valence-electron chi connectivity index (χ0n) is 30.4. The quantitative estimate of drug-likeness (QED) is 0.0741. The number of hydrogen-bond donors (Lipinski definition) is 9. The van der Waals surface area contributed by atoms with Crippen molar-refractivity contribution in [1.82, 2.24) is 0 Å². The van der Waals surface area contributed by atoms with Gasteiger partial charge >= 0.3 is 5.97 Å². The lowest BCUT2D eigenvalue weighted by atomic mass is 9.98. The molecular weight excluding hydrogens is 760 g/mol. The minimum absolute atomic E-state index is 0.0396. The van der Waals surface area contributed by atoms with Crippen molar-refractivity contribution in [2.45, 2.75) is 68.3 Å². The van der Waals surface area contributed by atoms with Gasteiger partial charge in [-0.2, -0.15) is 0 Å². The molecule has 3 aromatic carbocycles. The molecule has 19 heteroatoms. The summed E-state index contributed by atoms with van der Waals surface area (Å²) in [4.78, 5) is 26.6. The Morgan fingerprint density at radius 2 is 1.46 bits per heavy atom. The molecule has 1 aromatic heterocycles. The largest absolute Gasteiger partial charge is 0.508 e. The lowest BCUT2D eigenvalue weighted by Gasteiger charge is -2.43. The van der Waals surface area contributed by atoms with E-state index in [2.05, 4.69) is 0 Å². The molecule has 9 N–H and O–H groups in total. The average Bonchev–Trinajstić information content (AvgIpc) is 3.18. The van der Waals surface area contributed by atoms with Gasteiger partial charge in [-0.05, 0) is 48.9 Å². The molecule has 0 radical (unpaired) electrons. The Balaban J connectivity index is 1.21. The molecule has 306 valence electrons. The molecule has 0 aliphatic carbocycles. The Morgan fingerprint density at radius 3 is 2.16 bits per heavy atom. The first kappa shape index (κ1) is 41.0. The Labute approximate surface area is 322 Å². The van der Waals surface area contributed by atoms with Crippen molar-refractivity contribution in [3.63, 3.8) is 0 Å². The van der Waals surface area contributed by atoms with Gasteiger partial charge in [0.2, 0.25) is 17.5 Å². The van der Waals surface area contributed by atoms with Gasteiger partial charge < -0.3 is 83.5 Å². The molecule has 3 heterocycles. The maximum atomic E-state index is 13.9. The number of methoxy groups -OCH3 is 2. The van der Waals surface area contributed by atoms with Crippen LogP contribution in [0.1, 0.15) is 12.5 Å². The van der Waals surface area contributed by atoms with Gasteiger partial charge in [0.05, 0.1) is 26.9 Å². The van der Waals surface area contributed by atoms with E-state index >= 15 is 0 Å². The van der Waals surface area contributed by atoms with Gasteiger partial charge in [0, 0.05) is 23.8 Å². The molecule has 5 unspecified atom stereocenters. The van der Waals surface area contributed by atoms with Crippen LogP contribution in [0, 0.1) is 0 Å². The molecule has 0 saturated carbocycles. The summed E-state index contributed by atoms with van der Waals surface area (Å²) in [6.07, 6.45) is -14.5. The third kappa shape index (κ3) is 8.41. The van der Waals surface area contributed by atoms with Crippen LogP contribution < -0.4 is 19.6 Å². The molecule has 6 rings (SSSR count). The summed E-state index contributed by atoms with van der Waals surface area (Å²) < 4.78 is 44.3. The molecule has 19 nitrogen and oxygen atoms in total. The van der Waals surface area contributed by atoms with Crippen molar-refractivity contribution in [3.05, 3.63) is 70.4 Å². The van der Waals surface area contributed by atoms with Gasteiger partial charge in [-0.25, -0.2) is 4.79 Å². The Kier molecular flexibility index (Phi) is 12.1. The average molecular weight is 801 g/mol. The van der Waals surface area contributed by atoms with E-state index in [9.17, 15) is 55.5 Å². The maximum Gasteiger partial charge on any atom is 0.331 e. The number of rotatable bonds is 11. The molecule has 2 aliphatic rings. The molecule has 0 spiro atoms. The highest BCUT2D eigenvalue weighted by Crippen LogP contribution is 2.40. The minimum Gasteiger partial charge on any atom is -0.508 e. The highest BCUT2D eigenvalue weighted by atomic mass is 16.7. The number of aliphatic hydroxyl groups excluding tert-OH is 5. The van der Waals surface area contributed by atoms with Crippen LogP contribution in [-0.2, 0) is 23.7 Å². The third-order valence-electron chi connectivity index (χ3n) is 9.34. The fraction of sp³-hybridized carbons (Fsp3) is 0.368. The van der Waals surface area contributed by atoms with Crippen molar-refractivity contribution < 1.29 is 88.3 Å². The van der Waals surface area contributed by atoms with Crippen LogP contribution in [-0.4, -0.2) is 134 Å². The van der Waals surface area contributed by atoms with Gasteiger partial charge in [-0.3, -0.25) is 4.79 Å². The van der Waals surface area contributed by atoms with Crippen LogP contribution in [0.5, 0.6) is 40.2 Å². The molecule has 0 bridgehead atoms. The van der Waals surface area contributed by atoms with Gasteiger partial charge in [0.1, 0.15) is 59.1 Å². The molecule has 2 fully saturated rings. The molecule has 4 aromatic rings. The van der Waals surface area contributed by atoms with Crippen LogP contribution in [0.25, 0.3) is 28.4 Å². The summed E-state index contributed by atoms with van der Waals surface area (Å²) in [5, 5.41) is 94.5. The zero-order valence-corrected chi connectivity index (χ0v) is 30.4. The molecular formula is C38H40O19. The fourth-order valence-electron chi connectivity index (χ4n) is 6.25. The van der Waals surface area contributed by atoms with E-state index in [0.29, 0.717) is 5.56 Å². The van der Waals surface area contributed by atoms with Crippen LogP contribution in [0.2, 0.25) is 0 Å². The van der Waals surface area contributed by atoms with Gasteiger partial charge in [-0.1, -0.05) is 6.07 Å². The zero-order chi connectivity index (χ0) is 41.3. The maximum absolute atomic E-state index is 13.9. The monoisotopic (exact) mass is 800 g/mol. The summed E-state index contributed by atoms with van der Waals surface area (Å²) in [6.45, 7) is 0.741. The molecule has 0 amide bonds. The number of benzene rings is 3. The Morgan fingerprint density at radius 1 is 0.772 bits per heavy atom. The number of phenolic OH excluding ortho intramolecular Hbond substituents is 4. The van der Waals surface area contributed by atoms with E-state index in [1.165, 1.54) is 63.6 Å². The first-order valence-corrected chi connectivity index (χ1v) is 17.3. The van der Waals surface area contributed by atoms with Crippen LogP contribution >= 0.6 is 0 Å². The number of phenols is 4.